The molecule has 0 unspecified atom stereocenters. The maximum Gasteiger partial charge on any atom is 0.417 e. The number of benzene rings is 2. The summed E-state index contributed by atoms with van der Waals surface area (Å²) in [6.07, 6.45) is -8.44. The molecule has 2 aromatic heterocycles. The highest BCUT2D eigenvalue weighted by Gasteiger charge is 2.38. The Morgan fingerprint density at radius 2 is 1.65 bits per heavy atom. The number of hydrazone groups is 1. The Hall–Kier alpha value is -4.29. The van der Waals surface area contributed by atoms with Crippen LogP contribution in [0.4, 0.5) is 30.7 Å². The molecule has 13 heteroatoms. The van der Waals surface area contributed by atoms with E-state index >= 15 is 0 Å². The van der Waals surface area contributed by atoms with E-state index in [1.54, 1.807) is 23.2 Å². The van der Waals surface area contributed by atoms with Crippen LogP contribution in [0.25, 0.3) is 22.6 Å². The lowest BCUT2D eigenvalue weighted by Crippen LogP contribution is -2.22. The summed E-state index contributed by atoms with van der Waals surface area (Å²) in [7, 11) is 0. The monoisotopic (exact) mass is 520 g/mol. The molecular formula is C24H15F7N6. The van der Waals surface area contributed by atoms with Gasteiger partial charge in [-0.1, -0.05) is 18.2 Å². The van der Waals surface area contributed by atoms with E-state index in [1.807, 2.05) is 0 Å². The van der Waals surface area contributed by atoms with Gasteiger partial charge in [-0.15, -0.1) is 0 Å². The van der Waals surface area contributed by atoms with Crippen LogP contribution in [0, 0.1) is 5.82 Å². The van der Waals surface area contributed by atoms with Gasteiger partial charge in [0.25, 0.3) is 0 Å². The molecule has 1 aliphatic heterocycles. The Morgan fingerprint density at radius 3 is 2.32 bits per heavy atom. The topological polar surface area (TPSA) is 70.1 Å². The first-order valence-corrected chi connectivity index (χ1v) is 10.7. The number of alkyl halides is 6. The molecule has 5 rings (SSSR count). The second kappa shape index (κ2) is 8.98. The van der Waals surface area contributed by atoms with Crippen molar-refractivity contribution in [2.24, 2.45) is 5.10 Å². The van der Waals surface area contributed by atoms with Crippen molar-refractivity contribution >= 4 is 6.21 Å². The number of H-pyrrole nitrogens is 1. The van der Waals surface area contributed by atoms with Crippen molar-refractivity contribution in [3.05, 3.63) is 88.6 Å². The Balaban J connectivity index is 1.34. The fourth-order valence-electron chi connectivity index (χ4n) is 3.83. The lowest BCUT2D eigenvalue weighted by atomic mass is 10.00. The molecule has 3 heterocycles. The molecule has 190 valence electrons. The van der Waals surface area contributed by atoms with E-state index in [-0.39, 0.29) is 24.8 Å². The number of rotatable bonds is 4. The summed E-state index contributed by atoms with van der Waals surface area (Å²) in [5.41, 5.74) is -1.73. The van der Waals surface area contributed by atoms with E-state index in [9.17, 15) is 30.7 Å². The minimum atomic E-state index is -5.03. The van der Waals surface area contributed by atoms with Gasteiger partial charge < -0.3 is 4.98 Å². The summed E-state index contributed by atoms with van der Waals surface area (Å²) in [6.45, 7) is 0.377. The number of imidazole rings is 1. The molecule has 0 saturated carbocycles. The molecule has 1 aliphatic rings. The summed E-state index contributed by atoms with van der Waals surface area (Å²) < 4.78 is 93.3. The zero-order valence-corrected chi connectivity index (χ0v) is 18.6. The van der Waals surface area contributed by atoms with Crippen molar-refractivity contribution in [2.75, 3.05) is 0 Å². The summed E-state index contributed by atoms with van der Waals surface area (Å²) in [4.78, 5) is 7.45. The molecular weight excluding hydrogens is 505 g/mol. The van der Waals surface area contributed by atoms with E-state index < -0.39 is 34.9 Å². The second-order valence-electron chi connectivity index (χ2n) is 8.16. The Kier molecular flexibility index (Phi) is 5.92. The van der Waals surface area contributed by atoms with Crippen molar-refractivity contribution in [2.45, 2.75) is 25.4 Å². The molecule has 0 radical (unpaired) electrons. The Labute approximate surface area is 204 Å². The van der Waals surface area contributed by atoms with E-state index in [2.05, 4.69) is 25.3 Å². The molecule has 0 bridgehead atoms. The van der Waals surface area contributed by atoms with Crippen LogP contribution >= 0.6 is 0 Å². The maximum absolute atomic E-state index is 14.1. The fourth-order valence-corrected chi connectivity index (χ4v) is 3.83. The molecule has 0 aliphatic carbocycles. The smallest absolute Gasteiger partial charge is 0.337 e. The molecule has 0 saturated heterocycles. The predicted molar refractivity (Wildman–Crippen MR) is 118 cm³/mol. The zero-order valence-electron chi connectivity index (χ0n) is 18.6. The summed E-state index contributed by atoms with van der Waals surface area (Å²) in [5.74, 6) is -0.0861. The molecule has 0 fully saturated rings. The summed E-state index contributed by atoms with van der Waals surface area (Å²) >= 11 is 0. The number of aromatic amines is 1. The van der Waals surface area contributed by atoms with Gasteiger partial charge in [0, 0.05) is 5.56 Å². The highest BCUT2D eigenvalue weighted by Crippen LogP contribution is 2.40. The van der Waals surface area contributed by atoms with Crippen molar-refractivity contribution < 1.29 is 30.7 Å². The van der Waals surface area contributed by atoms with Gasteiger partial charge in [-0.25, -0.2) is 9.37 Å². The van der Waals surface area contributed by atoms with E-state index in [0.717, 1.165) is 6.07 Å². The van der Waals surface area contributed by atoms with Crippen molar-refractivity contribution in [3.63, 3.8) is 0 Å². The number of fused-ring (bicyclic) bond motifs is 1. The predicted octanol–water partition coefficient (Wildman–Crippen LogP) is 6.06. The second-order valence-corrected chi connectivity index (χ2v) is 8.16. The van der Waals surface area contributed by atoms with Crippen molar-refractivity contribution in [1.29, 1.82) is 0 Å². The third kappa shape index (κ3) is 5.01. The van der Waals surface area contributed by atoms with Crippen LogP contribution in [0.3, 0.4) is 0 Å². The van der Waals surface area contributed by atoms with E-state index in [1.165, 1.54) is 24.4 Å². The quantitative estimate of drug-likeness (QED) is 0.332. The van der Waals surface area contributed by atoms with Crippen LogP contribution in [0.5, 0.6) is 0 Å². The molecule has 0 spiro atoms. The number of nitrogens with one attached hydrogen (secondary N) is 1. The molecule has 1 N–H and O–H groups in total. The molecule has 6 nitrogen and oxygen atoms in total. The van der Waals surface area contributed by atoms with Gasteiger partial charge in [-0.3, -0.25) is 5.01 Å². The van der Waals surface area contributed by atoms with Crippen LogP contribution in [0.2, 0.25) is 0 Å². The molecule has 37 heavy (non-hydrogen) atoms. The molecule has 0 amide bonds. The van der Waals surface area contributed by atoms with Gasteiger partial charge >= 0.3 is 12.4 Å². The standard InChI is InChI=1S/C24H15F7N6/c25-18-4-2-1-3-16(18)22-33-20-10-32-37(12-21(20)34-22)11-14-6-8-19(36-35-14)15-7-5-13(23(26,27)28)9-17(15)24(29,30)31/h1-10H,11-12H2,(H,33,34). The van der Waals surface area contributed by atoms with Gasteiger partial charge in [-0.2, -0.15) is 41.6 Å². The van der Waals surface area contributed by atoms with E-state index in [4.69, 9.17) is 0 Å². The normalized spacial score (nSPS) is 13.6. The van der Waals surface area contributed by atoms with Gasteiger partial charge in [0.05, 0.1) is 58.8 Å². The fraction of sp³-hybridized carbons (Fsp3) is 0.167. The van der Waals surface area contributed by atoms with E-state index in [0.29, 0.717) is 34.5 Å². The zero-order chi connectivity index (χ0) is 26.4. The molecule has 2 aromatic carbocycles. The average Bonchev–Trinajstić information content (AvgIpc) is 3.26. The highest BCUT2D eigenvalue weighted by atomic mass is 19.4. The summed E-state index contributed by atoms with van der Waals surface area (Å²) in [6, 6.07) is 10.2. The van der Waals surface area contributed by atoms with Gasteiger partial charge in [0.15, 0.2) is 0 Å². The number of halogens is 7. The molecule has 0 atom stereocenters. The number of aromatic nitrogens is 4. The third-order valence-electron chi connectivity index (χ3n) is 5.61. The number of hydrogen-bond donors (Lipinski definition) is 1. The number of hydrogen-bond acceptors (Lipinski definition) is 5. The van der Waals surface area contributed by atoms with Crippen molar-refractivity contribution in [1.82, 2.24) is 25.2 Å². The van der Waals surface area contributed by atoms with Gasteiger partial charge in [-0.05, 0) is 36.4 Å². The van der Waals surface area contributed by atoms with Crippen LogP contribution in [0.15, 0.2) is 59.7 Å². The minimum Gasteiger partial charge on any atom is -0.337 e. The Bertz CT molecular complexity index is 1470. The first kappa shape index (κ1) is 24.4. The van der Waals surface area contributed by atoms with Crippen LogP contribution in [-0.2, 0) is 25.4 Å². The summed E-state index contributed by atoms with van der Waals surface area (Å²) in [5, 5.41) is 13.6. The van der Waals surface area contributed by atoms with Gasteiger partial charge in [0.2, 0.25) is 0 Å². The highest BCUT2D eigenvalue weighted by molar-refractivity contribution is 5.80. The number of nitrogens with zero attached hydrogens (tertiary/aromatic N) is 5. The van der Waals surface area contributed by atoms with Gasteiger partial charge in [0.1, 0.15) is 11.6 Å². The SMILES string of the molecule is Fc1ccccc1-c1nc2c([nH]1)C=NN(Cc1ccc(-c3ccc(C(F)(F)F)cc3C(F)(F)F)nn1)C2. The van der Waals surface area contributed by atoms with Crippen LogP contribution < -0.4 is 0 Å². The first-order valence-electron chi connectivity index (χ1n) is 10.7. The lowest BCUT2D eigenvalue weighted by Gasteiger charge is -2.20. The first-order chi connectivity index (χ1) is 17.5. The van der Waals surface area contributed by atoms with Crippen LogP contribution in [0.1, 0.15) is 28.2 Å². The maximum atomic E-state index is 14.1. The third-order valence-corrected chi connectivity index (χ3v) is 5.61. The van der Waals surface area contributed by atoms with Crippen LogP contribution in [-0.4, -0.2) is 31.4 Å². The minimum absolute atomic E-state index is 0.0599. The van der Waals surface area contributed by atoms with Crippen molar-refractivity contribution in [3.8, 4) is 22.6 Å². The average molecular weight is 520 g/mol. The lowest BCUT2D eigenvalue weighted by molar-refractivity contribution is -0.142. The Morgan fingerprint density at radius 1 is 0.865 bits per heavy atom. The largest absolute Gasteiger partial charge is 0.417 e. The molecule has 4 aromatic rings.